The molecule has 1 fully saturated rings. The zero-order valence-corrected chi connectivity index (χ0v) is 14.2. The van der Waals surface area contributed by atoms with Crippen molar-refractivity contribution in [2.24, 2.45) is 0 Å². The Balaban J connectivity index is 2.28. The van der Waals surface area contributed by atoms with Crippen molar-refractivity contribution in [1.29, 1.82) is 0 Å². The van der Waals surface area contributed by atoms with E-state index in [1.54, 1.807) is 6.07 Å². The predicted molar refractivity (Wildman–Crippen MR) is 86.2 cm³/mol. The Bertz CT molecular complexity index is 499. The minimum absolute atomic E-state index is 0.0689. The second-order valence-electron chi connectivity index (χ2n) is 5.00. The van der Waals surface area contributed by atoms with E-state index in [4.69, 9.17) is 9.47 Å². The molecule has 0 atom stereocenters. The number of piperidine rings is 1. The summed E-state index contributed by atoms with van der Waals surface area (Å²) >= 11 is 3.49. The molecule has 21 heavy (non-hydrogen) atoms. The lowest BCUT2D eigenvalue weighted by atomic mass is 10.1. The van der Waals surface area contributed by atoms with Crippen LogP contribution in [-0.2, 0) is 0 Å². The maximum absolute atomic E-state index is 12.6. The van der Waals surface area contributed by atoms with E-state index in [2.05, 4.69) is 15.9 Å². The number of halogens is 1. The Kier molecular flexibility index (Phi) is 5.91. The van der Waals surface area contributed by atoms with Crippen LogP contribution in [0.1, 0.15) is 43.5 Å². The lowest BCUT2D eigenvalue weighted by Gasteiger charge is -2.27. The number of ether oxygens (including phenoxy) is 2. The van der Waals surface area contributed by atoms with E-state index in [-0.39, 0.29) is 5.91 Å². The summed E-state index contributed by atoms with van der Waals surface area (Å²) in [7, 11) is 0. The van der Waals surface area contributed by atoms with Crippen LogP contribution in [0.4, 0.5) is 0 Å². The van der Waals surface area contributed by atoms with Gasteiger partial charge in [0.05, 0.1) is 17.7 Å². The van der Waals surface area contributed by atoms with Crippen LogP contribution in [0.3, 0.4) is 0 Å². The highest BCUT2D eigenvalue weighted by Gasteiger charge is 2.21. The zero-order valence-electron chi connectivity index (χ0n) is 12.7. The molecule has 0 radical (unpaired) electrons. The highest BCUT2D eigenvalue weighted by atomic mass is 79.9. The number of amides is 1. The minimum atomic E-state index is 0.0689. The van der Waals surface area contributed by atoms with Crippen LogP contribution in [0.25, 0.3) is 0 Å². The molecule has 1 heterocycles. The zero-order chi connectivity index (χ0) is 15.2. The Morgan fingerprint density at radius 2 is 1.81 bits per heavy atom. The lowest BCUT2D eigenvalue weighted by molar-refractivity contribution is 0.0723. The van der Waals surface area contributed by atoms with E-state index in [1.165, 1.54) is 6.42 Å². The molecule has 2 rings (SSSR count). The van der Waals surface area contributed by atoms with Crippen LogP contribution in [0, 0.1) is 0 Å². The van der Waals surface area contributed by atoms with E-state index in [9.17, 15) is 4.79 Å². The third-order valence-corrected chi connectivity index (χ3v) is 4.08. The van der Waals surface area contributed by atoms with Gasteiger partial charge in [0.1, 0.15) is 0 Å². The Labute approximate surface area is 134 Å². The van der Waals surface area contributed by atoms with E-state index in [0.29, 0.717) is 30.3 Å². The average Bonchev–Trinajstić information content (AvgIpc) is 2.51. The smallest absolute Gasteiger partial charge is 0.254 e. The molecule has 0 N–H and O–H groups in total. The molecule has 0 saturated carbocycles. The second kappa shape index (κ2) is 7.69. The number of hydrogen-bond acceptors (Lipinski definition) is 3. The van der Waals surface area contributed by atoms with E-state index in [0.717, 1.165) is 30.4 Å². The first kappa shape index (κ1) is 16.1. The van der Waals surface area contributed by atoms with Crippen LogP contribution in [0.15, 0.2) is 16.6 Å². The minimum Gasteiger partial charge on any atom is -0.490 e. The summed E-state index contributed by atoms with van der Waals surface area (Å²) in [6, 6.07) is 3.61. The highest BCUT2D eigenvalue weighted by Crippen LogP contribution is 2.37. The van der Waals surface area contributed by atoms with Gasteiger partial charge in [-0.25, -0.2) is 0 Å². The maximum atomic E-state index is 12.6. The fourth-order valence-corrected chi connectivity index (χ4v) is 3.07. The molecule has 5 heteroatoms. The predicted octanol–water partition coefficient (Wildman–Crippen LogP) is 3.87. The van der Waals surface area contributed by atoms with Crippen molar-refractivity contribution in [3.8, 4) is 11.5 Å². The Morgan fingerprint density at radius 1 is 1.14 bits per heavy atom. The van der Waals surface area contributed by atoms with Gasteiger partial charge in [0.2, 0.25) is 0 Å². The van der Waals surface area contributed by atoms with Crippen molar-refractivity contribution in [3.63, 3.8) is 0 Å². The summed E-state index contributed by atoms with van der Waals surface area (Å²) in [5.74, 6) is 1.35. The maximum Gasteiger partial charge on any atom is 0.254 e. The molecule has 1 aliphatic rings. The number of nitrogens with zero attached hydrogens (tertiary/aromatic N) is 1. The van der Waals surface area contributed by atoms with Crippen molar-refractivity contribution < 1.29 is 14.3 Å². The van der Waals surface area contributed by atoms with Gasteiger partial charge in [-0.15, -0.1) is 0 Å². The van der Waals surface area contributed by atoms with Crippen LogP contribution < -0.4 is 9.47 Å². The van der Waals surface area contributed by atoms with Gasteiger partial charge in [-0.05, 0) is 61.2 Å². The molecule has 0 bridgehead atoms. The number of likely N-dealkylation sites (tertiary alicyclic amines) is 1. The summed E-state index contributed by atoms with van der Waals surface area (Å²) in [5.41, 5.74) is 0.649. The summed E-state index contributed by atoms with van der Waals surface area (Å²) < 4.78 is 12.0. The van der Waals surface area contributed by atoms with Gasteiger partial charge >= 0.3 is 0 Å². The molecular weight excluding hydrogens is 334 g/mol. The molecule has 0 spiro atoms. The first-order valence-electron chi connectivity index (χ1n) is 7.55. The second-order valence-corrected chi connectivity index (χ2v) is 5.86. The number of carbonyl (C=O) groups excluding carboxylic acids is 1. The Hall–Kier alpha value is -1.23. The average molecular weight is 356 g/mol. The highest BCUT2D eigenvalue weighted by molar-refractivity contribution is 9.10. The van der Waals surface area contributed by atoms with Gasteiger partial charge in [0, 0.05) is 18.7 Å². The summed E-state index contributed by atoms with van der Waals surface area (Å²) in [6.07, 6.45) is 3.38. The molecule has 0 aromatic heterocycles. The topological polar surface area (TPSA) is 38.8 Å². The van der Waals surface area contributed by atoms with Crippen LogP contribution in [0.2, 0.25) is 0 Å². The largest absolute Gasteiger partial charge is 0.490 e. The third-order valence-electron chi connectivity index (χ3n) is 3.49. The standard InChI is InChI=1S/C16H22BrNO3/c1-3-20-14-11-12(10-13(17)15(14)21-4-2)16(19)18-8-6-5-7-9-18/h10-11H,3-9H2,1-2H3. The van der Waals surface area contributed by atoms with E-state index >= 15 is 0 Å². The molecule has 1 aromatic carbocycles. The monoisotopic (exact) mass is 355 g/mol. The normalized spacial score (nSPS) is 14.9. The molecule has 1 aromatic rings. The lowest BCUT2D eigenvalue weighted by Crippen LogP contribution is -2.35. The van der Waals surface area contributed by atoms with Gasteiger partial charge in [0.15, 0.2) is 11.5 Å². The Morgan fingerprint density at radius 3 is 2.43 bits per heavy atom. The number of carbonyl (C=O) groups is 1. The van der Waals surface area contributed by atoms with Gasteiger partial charge in [-0.3, -0.25) is 4.79 Å². The first-order chi connectivity index (χ1) is 10.2. The molecule has 0 unspecified atom stereocenters. The van der Waals surface area contributed by atoms with Gasteiger partial charge in [-0.2, -0.15) is 0 Å². The quantitative estimate of drug-likeness (QED) is 0.804. The first-order valence-corrected chi connectivity index (χ1v) is 8.35. The number of benzene rings is 1. The fraction of sp³-hybridized carbons (Fsp3) is 0.562. The number of hydrogen-bond donors (Lipinski definition) is 0. The molecule has 0 aliphatic carbocycles. The van der Waals surface area contributed by atoms with E-state index < -0.39 is 0 Å². The molecule has 116 valence electrons. The van der Waals surface area contributed by atoms with Crippen molar-refractivity contribution in [2.45, 2.75) is 33.1 Å². The van der Waals surface area contributed by atoms with Gasteiger partial charge in [0.25, 0.3) is 5.91 Å². The summed E-state index contributed by atoms with van der Waals surface area (Å²) in [5, 5.41) is 0. The molecule has 1 amide bonds. The molecule has 4 nitrogen and oxygen atoms in total. The fourth-order valence-electron chi connectivity index (χ4n) is 2.52. The van der Waals surface area contributed by atoms with Gasteiger partial charge < -0.3 is 14.4 Å². The summed E-state index contributed by atoms with van der Waals surface area (Å²) in [6.45, 7) is 6.62. The SMILES string of the molecule is CCOc1cc(C(=O)N2CCCCC2)cc(Br)c1OCC. The molecule has 1 aliphatic heterocycles. The number of rotatable bonds is 5. The molecular formula is C16H22BrNO3. The van der Waals surface area contributed by atoms with Crippen molar-refractivity contribution in [2.75, 3.05) is 26.3 Å². The van der Waals surface area contributed by atoms with Crippen LogP contribution >= 0.6 is 15.9 Å². The molecule has 1 saturated heterocycles. The van der Waals surface area contributed by atoms with Crippen molar-refractivity contribution >= 4 is 21.8 Å². The van der Waals surface area contributed by atoms with Crippen molar-refractivity contribution in [3.05, 3.63) is 22.2 Å². The van der Waals surface area contributed by atoms with E-state index in [1.807, 2.05) is 24.8 Å². The summed E-state index contributed by atoms with van der Waals surface area (Å²) in [4.78, 5) is 14.5. The van der Waals surface area contributed by atoms with Crippen LogP contribution in [0.5, 0.6) is 11.5 Å². The van der Waals surface area contributed by atoms with Gasteiger partial charge in [-0.1, -0.05) is 0 Å². The van der Waals surface area contributed by atoms with Crippen LogP contribution in [-0.4, -0.2) is 37.1 Å². The third kappa shape index (κ3) is 3.90. The van der Waals surface area contributed by atoms with Crippen molar-refractivity contribution in [1.82, 2.24) is 4.90 Å².